The molecule has 92 valence electrons. The van der Waals surface area contributed by atoms with Crippen LogP contribution in [0.3, 0.4) is 0 Å². The van der Waals surface area contributed by atoms with Gasteiger partial charge in [0.15, 0.2) is 0 Å². The first kappa shape index (κ1) is 11.9. The molecule has 0 atom stereocenters. The monoisotopic (exact) mass is 245 g/mol. The number of primary amides is 1. The van der Waals surface area contributed by atoms with Crippen LogP contribution < -0.4 is 5.73 Å². The summed E-state index contributed by atoms with van der Waals surface area (Å²) in [7, 11) is 0. The van der Waals surface area contributed by atoms with Crippen molar-refractivity contribution in [2.75, 3.05) is 0 Å². The number of nitrogens with two attached hydrogens (primary N) is 1. The number of aromatic carboxylic acids is 1. The molecule has 2 rings (SSSR count). The molecule has 0 aliphatic rings. The number of hydrogen-bond acceptors (Lipinski definition) is 3. The molecule has 3 N–H and O–H groups in total. The minimum atomic E-state index is -1.18. The lowest BCUT2D eigenvalue weighted by Crippen LogP contribution is -2.19. The fourth-order valence-corrected chi connectivity index (χ4v) is 1.82. The smallest absolute Gasteiger partial charge is 0.336 e. The van der Waals surface area contributed by atoms with E-state index < -0.39 is 11.9 Å². The summed E-state index contributed by atoms with van der Waals surface area (Å²) in [5, 5.41) is 9.03. The maximum Gasteiger partial charge on any atom is 0.336 e. The minimum Gasteiger partial charge on any atom is -0.478 e. The van der Waals surface area contributed by atoms with Gasteiger partial charge in [0.2, 0.25) is 5.91 Å². The quantitative estimate of drug-likeness (QED) is 0.856. The standard InChI is InChI=1S/C13H11NO4/c14-12(15)11-8(7-9-4-2-6-18-9)3-1-5-10(11)13(16)17/h1-6H,7H2,(H2,14,15)(H,16,17). The number of amides is 1. The summed E-state index contributed by atoms with van der Waals surface area (Å²) in [6, 6.07) is 8.07. The molecule has 18 heavy (non-hydrogen) atoms. The van der Waals surface area contributed by atoms with E-state index in [1.54, 1.807) is 24.3 Å². The maximum absolute atomic E-state index is 11.4. The zero-order chi connectivity index (χ0) is 13.1. The van der Waals surface area contributed by atoms with E-state index in [0.29, 0.717) is 17.7 Å². The fraction of sp³-hybridized carbons (Fsp3) is 0.0769. The molecule has 1 amide bonds. The highest BCUT2D eigenvalue weighted by molar-refractivity contribution is 6.05. The zero-order valence-corrected chi connectivity index (χ0v) is 9.42. The summed E-state index contributed by atoms with van der Waals surface area (Å²) < 4.78 is 5.17. The van der Waals surface area contributed by atoms with Gasteiger partial charge in [-0.3, -0.25) is 4.79 Å². The van der Waals surface area contributed by atoms with E-state index >= 15 is 0 Å². The molecule has 1 aromatic heterocycles. The van der Waals surface area contributed by atoms with Crippen LogP contribution in [0.5, 0.6) is 0 Å². The van der Waals surface area contributed by atoms with Crippen LogP contribution in [-0.2, 0) is 6.42 Å². The summed E-state index contributed by atoms with van der Waals surface area (Å²) >= 11 is 0. The molecule has 0 unspecified atom stereocenters. The molecule has 0 radical (unpaired) electrons. The number of carboxylic acid groups (broad SMARTS) is 1. The van der Waals surface area contributed by atoms with Crippen molar-refractivity contribution in [3.63, 3.8) is 0 Å². The lowest BCUT2D eigenvalue weighted by atomic mass is 9.97. The van der Waals surface area contributed by atoms with Gasteiger partial charge >= 0.3 is 5.97 Å². The van der Waals surface area contributed by atoms with E-state index in [-0.39, 0.29) is 11.1 Å². The number of carbonyl (C=O) groups excluding carboxylic acids is 1. The first-order chi connectivity index (χ1) is 8.59. The van der Waals surface area contributed by atoms with Crippen molar-refractivity contribution in [3.05, 3.63) is 59.0 Å². The van der Waals surface area contributed by atoms with Crippen molar-refractivity contribution in [1.82, 2.24) is 0 Å². The Morgan fingerprint density at radius 3 is 2.56 bits per heavy atom. The van der Waals surface area contributed by atoms with E-state index in [4.69, 9.17) is 15.3 Å². The second-order valence-electron chi connectivity index (χ2n) is 3.77. The Balaban J connectivity index is 2.49. The van der Waals surface area contributed by atoms with E-state index in [1.807, 2.05) is 0 Å². The van der Waals surface area contributed by atoms with Gasteiger partial charge in [0.1, 0.15) is 5.76 Å². The van der Waals surface area contributed by atoms with E-state index in [0.717, 1.165) is 0 Å². The van der Waals surface area contributed by atoms with Crippen LogP contribution in [0, 0.1) is 0 Å². The van der Waals surface area contributed by atoms with Crippen LogP contribution in [0.4, 0.5) is 0 Å². The Bertz CT molecular complexity index is 587. The molecule has 0 aliphatic carbocycles. The summed E-state index contributed by atoms with van der Waals surface area (Å²) in [4.78, 5) is 22.5. The van der Waals surface area contributed by atoms with Crippen LogP contribution in [0.1, 0.15) is 32.0 Å². The number of carbonyl (C=O) groups is 2. The van der Waals surface area contributed by atoms with Crippen molar-refractivity contribution in [1.29, 1.82) is 0 Å². The molecule has 0 saturated carbocycles. The molecular formula is C13H11NO4. The number of furan rings is 1. The third-order valence-electron chi connectivity index (χ3n) is 2.57. The lowest BCUT2D eigenvalue weighted by Gasteiger charge is -2.08. The molecule has 1 heterocycles. The maximum atomic E-state index is 11.4. The van der Waals surface area contributed by atoms with Gasteiger partial charge in [0.05, 0.1) is 17.4 Å². The van der Waals surface area contributed by atoms with Crippen LogP contribution in [0.15, 0.2) is 41.0 Å². The molecule has 0 fully saturated rings. The highest BCUT2D eigenvalue weighted by atomic mass is 16.4. The number of benzene rings is 1. The highest BCUT2D eigenvalue weighted by Gasteiger charge is 2.18. The molecule has 2 aromatic rings. The number of rotatable bonds is 4. The van der Waals surface area contributed by atoms with Gasteiger partial charge < -0.3 is 15.3 Å². The average Bonchev–Trinajstić information content (AvgIpc) is 2.81. The van der Waals surface area contributed by atoms with Crippen molar-refractivity contribution >= 4 is 11.9 Å². The van der Waals surface area contributed by atoms with Gasteiger partial charge in [0, 0.05) is 6.42 Å². The Hall–Kier alpha value is -2.56. The van der Waals surface area contributed by atoms with Gasteiger partial charge in [-0.05, 0) is 23.8 Å². The third-order valence-corrected chi connectivity index (χ3v) is 2.57. The number of carboxylic acids is 1. The highest BCUT2D eigenvalue weighted by Crippen LogP contribution is 2.18. The Labute approximate surface area is 103 Å². The van der Waals surface area contributed by atoms with Crippen molar-refractivity contribution < 1.29 is 19.1 Å². The Kier molecular flexibility index (Phi) is 3.14. The molecular weight excluding hydrogens is 234 g/mol. The molecule has 5 heteroatoms. The minimum absolute atomic E-state index is 0.0291. The third kappa shape index (κ3) is 2.24. The van der Waals surface area contributed by atoms with Crippen molar-refractivity contribution in [2.45, 2.75) is 6.42 Å². The topological polar surface area (TPSA) is 93.5 Å². The van der Waals surface area contributed by atoms with Crippen molar-refractivity contribution in [2.24, 2.45) is 5.73 Å². The van der Waals surface area contributed by atoms with Crippen LogP contribution in [0.2, 0.25) is 0 Å². The molecule has 0 aliphatic heterocycles. The van der Waals surface area contributed by atoms with E-state index in [1.165, 1.54) is 12.3 Å². The van der Waals surface area contributed by atoms with Gasteiger partial charge in [-0.25, -0.2) is 4.79 Å². The SMILES string of the molecule is NC(=O)c1c(Cc2ccco2)cccc1C(=O)O. The molecule has 0 bridgehead atoms. The summed E-state index contributed by atoms with van der Waals surface area (Å²) in [5.41, 5.74) is 5.73. The fourth-order valence-electron chi connectivity index (χ4n) is 1.82. The summed E-state index contributed by atoms with van der Waals surface area (Å²) in [5.74, 6) is -1.29. The first-order valence-corrected chi connectivity index (χ1v) is 5.27. The van der Waals surface area contributed by atoms with Crippen molar-refractivity contribution in [3.8, 4) is 0 Å². The van der Waals surface area contributed by atoms with Gasteiger partial charge in [0.25, 0.3) is 0 Å². The summed E-state index contributed by atoms with van der Waals surface area (Å²) in [6.45, 7) is 0. The zero-order valence-electron chi connectivity index (χ0n) is 9.42. The Morgan fingerprint density at radius 2 is 2.00 bits per heavy atom. The molecule has 5 nitrogen and oxygen atoms in total. The van der Waals surface area contributed by atoms with Crippen LogP contribution in [0.25, 0.3) is 0 Å². The summed E-state index contributed by atoms with van der Waals surface area (Å²) in [6.07, 6.45) is 1.84. The van der Waals surface area contributed by atoms with E-state index in [2.05, 4.69) is 0 Å². The lowest BCUT2D eigenvalue weighted by molar-refractivity contribution is 0.0692. The Morgan fingerprint density at radius 1 is 1.22 bits per heavy atom. The van der Waals surface area contributed by atoms with E-state index in [9.17, 15) is 9.59 Å². The predicted molar refractivity (Wildman–Crippen MR) is 63.4 cm³/mol. The normalized spacial score (nSPS) is 10.2. The second-order valence-corrected chi connectivity index (χ2v) is 3.77. The first-order valence-electron chi connectivity index (χ1n) is 5.27. The van der Waals surface area contributed by atoms with Gasteiger partial charge in [-0.1, -0.05) is 12.1 Å². The van der Waals surface area contributed by atoms with Crippen LogP contribution in [-0.4, -0.2) is 17.0 Å². The molecule has 0 spiro atoms. The second kappa shape index (κ2) is 4.75. The largest absolute Gasteiger partial charge is 0.478 e. The molecule has 1 aromatic carbocycles. The molecule has 0 saturated heterocycles. The predicted octanol–water partition coefficient (Wildman–Crippen LogP) is 1.67. The average molecular weight is 245 g/mol. The number of hydrogen-bond donors (Lipinski definition) is 2. The van der Waals surface area contributed by atoms with Gasteiger partial charge in [-0.2, -0.15) is 0 Å². The van der Waals surface area contributed by atoms with Crippen LogP contribution >= 0.6 is 0 Å². The van der Waals surface area contributed by atoms with Gasteiger partial charge in [-0.15, -0.1) is 0 Å².